The van der Waals surface area contributed by atoms with Crippen molar-refractivity contribution >= 4 is 34.1 Å². The van der Waals surface area contributed by atoms with Gasteiger partial charge in [0, 0.05) is 34.4 Å². The molecule has 0 aliphatic carbocycles. The molecule has 0 fully saturated rings. The highest BCUT2D eigenvalue weighted by molar-refractivity contribution is 6.04. The molecule has 202 valence electrons. The normalized spacial score (nSPS) is 11.1. The molecule has 0 spiro atoms. The molecular weight excluding hydrogens is 494 g/mol. The van der Waals surface area contributed by atoms with Crippen molar-refractivity contribution < 1.29 is 4.79 Å². The first-order valence-corrected chi connectivity index (χ1v) is 13.9. The molecule has 6 nitrogen and oxygen atoms in total. The number of para-hydroxylation sites is 1. The molecule has 0 unspecified atom stereocenters. The molecule has 1 amide bonds. The van der Waals surface area contributed by atoms with Crippen LogP contribution in [0.2, 0.25) is 0 Å². The van der Waals surface area contributed by atoms with E-state index in [2.05, 4.69) is 41.5 Å². The summed E-state index contributed by atoms with van der Waals surface area (Å²) in [7, 11) is 0. The van der Waals surface area contributed by atoms with Gasteiger partial charge in [0.2, 0.25) is 5.95 Å². The Balaban J connectivity index is 1.29. The maximum absolute atomic E-state index is 13.0. The first-order chi connectivity index (χ1) is 19.5. The van der Waals surface area contributed by atoms with Crippen LogP contribution in [0.1, 0.15) is 41.8 Å². The van der Waals surface area contributed by atoms with Gasteiger partial charge in [0.25, 0.3) is 5.91 Å². The second-order valence-electron chi connectivity index (χ2n) is 9.95. The molecule has 0 bridgehead atoms. The Hall–Kier alpha value is -4.55. The van der Waals surface area contributed by atoms with Gasteiger partial charge in [-0.1, -0.05) is 74.5 Å². The van der Waals surface area contributed by atoms with E-state index in [-0.39, 0.29) is 5.91 Å². The number of aryl methyl sites for hydroxylation is 1. The Kier molecular flexibility index (Phi) is 8.47. The van der Waals surface area contributed by atoms with E-state index >= 15 is 0 Å². The number of amides is 1. The van der Waals surface area contributed by atoms with Crippen LogP contribution in [0.4, 0.5) is 17.3 Å². The molecule has 0 aliphatic rings. The summed E-state index contributed by atoms with van der Waals surface area (Å²) in [5, 5.41) is 7.37. The summed E-state index contributed by atoms with van der Waals surface area (Å²) < 4.78 is 0. The summed E-state index contributed by atoms with van der Waals surface area (Å²) in [5.41, 5.74) is 7.29. The molecule has 40 heavy (non-hydrogen) atoms. The van der Waals surface area contributed by atoms with E-state index in [0.717, 1.165) is 65.2 Å². The summed E-state index contributed by atoms with van der Waals surface area (Å²) in [6.45, 7) is 9.46. The predicted octanol–water partition coefficient (Wildman–Crippen LogP) is 7.83. The second-order valence-corrected chi connectivity index (χ2v) is 9.95. The maximum atomic E-state index is 13.0. The quantitative estimate of drug-likeness (QED) is 0.193. The predicted molar refractivity (Wildman–Crippen MR) is 165 cm³/mol. The summed E-state index contributed by atoms with van der Waals surface area (Å²) >= 11 is 0. The van der Waals surface area contributed by atoms with Crippen LogP contribution < -0.4 is 10.6 Å². The topological polar surface area (TPSA) is 70.2 Å². The number of carbonyl (C=O) groups excluding carboxylic acids is 1. The molecule has 4 aromatic carbocycles. The van der Waals surface area contributed by atoms with Gasteiger partial charge in [-0.3, -0.25) is 9.69 Å². The van der Waals surface area contributed by atoms with Crippen molar-refractivity contribution in [3.63, 3.8) is 0 Å². The van der Waals surface area contributed by atoms with Gasteiger partial charge in [0.15, 0.2) is 0 Å². The smallest absolute Gasteiger partial charge is 0.255 e. The molecule has 1 heterocycles. The van der Waals surface area contributed by atoms with Gasteiger partial charge >= 0.3 is 0 Å². The fourth-order valence-corrected chi connectivity index (χ4v) is 4.86. The monoisotopic (exact) mass is 529 g/mol. The number of fused-ring (bicyclic) bond motifs is 1. The molecule has 0 radical (unpaired) electrons. The van der Waals surface area contributed by atoms with E-state index in [1.807, 2.05) is 91.9 Å². The van der Waals surface area contributed by atoms with Gasteiger partial charge in [-0.05, 0) is 74.0 Å². The van der Waals surface area contributed by atoms with Crippen molar-refractivity contribution in [2.75, 3.05) is 23.7 Å². The number of hydrogen-bond acceptors (Lipinski definition) is 5. The molecule has 6 heteroatoms. The first kappa shape index (κ1) is 27.0. The van der Waals surface area contributed by atoms with Crippen molar-refractivity contribution in [2.45, 2.75) is 33.7 Å². The van der Waals surface area contributed by atoms with Gasteiger partial charge in [-0.15, -0.1) is 0 Å². The standard InChI is InChI=1S/C34H35N5O/c1-4-21-39(5-2)23-25-15-20-30(24(3)22-25)36-33(40)27-16-18-28(19-17-27)35-34-37-31-14-10-9-13-29(31)32(38-34)26-11-7-6-8-12-26/h6-20,22H,4-5,21,23H2,1-3H3,(H,36,40)(H,35,37,38). The number of aromatic nitrogens is 2. The fourth-order valence-electron chi connectivity index (χ4n) is 4.86. The zero-order chi connectivity index (χ0) is 27.9. The van der Waals surface area contributed by atoms with Gasteiger partial charge in [-0.2, -0.15) is 0 Å². The molecule has 5 aromatic rings. The van der Waals surface area contributed by atoms with Gasteiger partial charge in [0.05, 0.1) is 11.2 Å². The summed E-state index contributed by atoms with van der Waals surface area (Å²) in [6, 6.07) is 31.7. The van der Waals surface area contributed by atoms with Crippen LogP contribution in [0, 0.1) is 6.92 Å². The number of hydrogen-bond donors (Lipinski definition) is 2. The fraction of sp³-hybridized carbons (Fsp3) is 0.206. The average molecular weight is 530 g/mol. The van der Waals surface area contributed by atoms with Crippen LogP contribution in [0.25, 0.3) is 22.2 Å². The number of carbonyl (C=O) groups is 1. The lowest BCUT2D eigenvalue weighted by atomic mass is 10.1. The van der Waals surface area contributed by atoms with Crippen LogP contribution in [0.15, 0.2) is 97.1 Å². The molecule has 1 aromatic heterocycles. The molecule has 2 N–H and O–H groups in total. The van der Waals surface area contributed by atoms with Crippen molar-refractivity contribution in [2.24, 2.45) is 0 Å². The van der Waals surface area contributed by atoms with E-state index in [4.69, 9.17) is 9.97 Å². The Labute approximate surface area is 236 Å². The third-order valence-corrected chi connectivity index (χ3v) is 6.99. The van der Waals surface area contributed by atoms with Crippen LogP contribution in [-0.2, 0) is 6.54 Å². The SMILES string of the molecule is CCCN(CC)Cc1ccc(NC(=O)c2ccc(Nc3nc(-c4ccccc4)c4ccccc4n3)cc2)c(C)c1. The number of nitrogens with one attached hydrogen (secondary N) is 2. The third kappa shape index (κ3) is 6.35. The first-order valence-electron chi connectivity index (χ1n) is 13.9. The minimum Gasteiger partial charge on any atom is -0.324 e. The summed E-state index contributed by atoms with van der Waals surface area (Å²) in [5.74, 6) is 0.364. The van der Waals surface area contributed by atoms with E-state index in [1.54, 1.807) is 0 Å². The van der Waals surface area contributed by atoms with E-state index in [9.17, 15) is 4.79 Å². The number of rotatable bonds is 10. The molecule has 0 saturated heterocycles. The van der Waals surface area contributed by atoms with E-state index in [0.29, 0.717) is 11.5 Å². The Bertz CT molecular complexity index is 1600. The van der Waals surface area contributed by atoms with Gasteiger partial charge in [-0.25, -0.2) is 9.97 Å². The lowest BCUT2D eigenvalue weighted by molar-refractivity contribution is 0.102. The van der Waals surface area contributed by atoms with Crippen LogP contribution in [0.3, 0.4) is 0 Å². The maximum Gasteiger partial charge on any atom is 0.255 e. The van der Waals surface area contributed by atoms with Crippen LogP contribution in [-0.4, -0.2) is 33.9 Å². The van der Waals surface area contributed by atoms with Crippen molar-refractivity contribution in [1.82, 2.24) is 14.9 Å². The summed E-state index contributed by atoms with van der Waals surface area (Å²) in [4.78, 5) is 25.0. The van der Waals surface area contributed by atoms with Crippen molar-refractivity contribution in [3.8, 4) is 11.3 Å². The lowest BCUT2D eigenvalue weighted by Gasteiger charge is -2.20. The zero-order valence-corrected chi connectivity index (χ0v) is 23.3. The number of nitrogens with zero attached hydrogens (tertiary/aromatic N) is 3. The number of benzene rings is 4. The van der Waals surface area contributed by atoms with Crippen molar-refractivity contribution in [3.05, 3.63) is 114 Å². The highest BCUT2D eigenvalue weighted by atomic mass is 16.1. The van der Waals surface area contributed by atoms with Crippen LogP contribution in [0.5, 0.6) is 0 Å². The molecule has 0 saturated carbocycles. The second kappa shape index (κ2) is 12.5. The Morgan fingerprint density at radius 2 is 1.60 bits per heavy atom. The third-order valence-electron chi connectivity index (χ3n) is 6.99. The van der Waals surface area contributed by atoms with Crippen molar-refractivity contribution in [1.29, 1.82) is 0 Å². The highest BCUT2D eigenvalue weighted by Gasteiger charge is 2.12. The van der Waals surface area contributed by atoms with Gasteiger partial charge < -0.3 is 10.6 Å². The molecular formula is C34H35N5O. The minimum absolute atomic E-state index is 0.142. The largest absolute Gasteiger partial charge is 0.324 e. The summed E-state index contributed by atoms with van der Waals surface area (Å²) in [6.07, 6.45) is 1.14. The highest BCUT2D eigenvalue weighted by Crippen LogP contribution is 2.28. The molecule has 5 rings (SSSR count). The average Bonchev–Trinajstić information content (AvgIpc) is 2.98. The Morgan fingerprint density at radius 1 is 0.850 bits per heavy atom. The zero-order valence-electron chi connectivity index (χ0n) is 23.3. The van der Waals surface area contributed by atoms with Gasteiger partial charge in [0.1, 0.15) is 0 Å². The minimum atomic E-state index is -0.142. The van der Waals surface area contributed by atoms with Crippen LogP contribution >= 0.6 is 0 Å². The molecule has 0 aliphatic heterocycles. The molecule has 0 atom stereocenters. The lowest BCUT2D eigenvalue weighted by Crippen LogP contribution is -2.23. The Morgan fingerprint density at radius 3 is 2.33 bits per heavy atom. The number of anilines is 3. The van der Waals surface area contributed by atoms with E-state index in [1.165, 1.54) is 5.56 Å². The van der Waals surface area contributed by atoms with E-state index < -0.39 is 0 Å².